The lowest BCUT2D eigenvalue weighted by atomic mass is 10.1. The predicted octanol–water partition coefficient (Wildman–Crippen LogP) is 6.09. The lowest BCUT2D eigenvalue weighted by molar-refractivity contribution is 0.417. The van der Waals surface area contributed by atoms with E-state index in [0.717, 1.165) is 45.8 Å². The molecule has 3 heterocycles. The minimum atomic E-state index is 0.754. The van der Waals surface area contributed by atoms with Crippen molar-refractivity contribution in [3.05, 3.63) is 70.8 Å². The van der Waals surface area contributed by atoms with Gasteiger partial charge in [0.05, 0.1) is 18.2 Å². The van der Waals surface area contributed by atoms with Crippen LogP contribution in [0.5, 0.6) is 5.75 Å². The predicted molar refractivity (Wildman–Crippen MR) is 120 cm³/mol. The van der Waals surface area contributed by atoms with Crippen molar-refractivity contribution in [2.75, 3.05) is 12.4 Å². The van der Waals surface area contributed by atoms with Crippen LogP contribution in [0, 0.1) is 6.92 Å². The van der Waals surface area contributed by atoms with Crippen LogP contribution in [0.25, 0.3) is 27.7 Å². The van der Waals surface area contributed by atoms with Gasteiger partial charge >= 0.3 is 0 Å². The Hall–Kier alpha value is -3.38. The van der Waals surface area contributed by atoms with Crippen molar-refractivity contribution in [3.63, 3.8) is 0 Å². The fourth-order valence-corrected chi connectivity index (χ4v) is 4.36. The van der Waals surface area contributed by atoms with Gasteiger partial charge in [0.25, 0.3) is 0 Å². The average molecular weight is 401 g/mol. The van der Waals surface area contributed by atoms with Crippen LogP contribution in [0.2, 0.25) is 0 Å². The Morgan fingerprint density at radius 2 is 2.10 bits per heavy atom. The number of aromatic nitrogens is 3. The molecule has 0 bridgehead atoms. The van der Waals surface area contributed by atoms with Crippen molar-refractivity contribution in [2.45, 2.75) is 13.3 Å². The molecule has 0 saturated carbocycles. The second-order valence-corrected chi connectivity index (χ2v) is 8.05. The molecule has 1 aliphatic rings. The number of hydrogen-bond acceptors (Lipinski definition) is 5. The van der Waals surface area contributed by atoms with Gasteiger partial charge in [0.1, 0.15) is 23.5 Å². The molecule has 6 heteroatoms. The van der Waals surface area contributed by atoms with Crippen LogP contribution in [-0.2, 0) is 0 Å². The highest BCUT2D eigenvalue weighted by Crippen LogP contribution is 2.37. The van der Waals surface area contributed by atoms with Gasteiger partial charge in [0, 0.05) is 16.6 Å². The van der Waals surface area contributed by atoms with Gasteiger partial charge in [-0.1, -0.05) is 24.3 Å². The Morgan fingerprint density at radius 1 is 1.17 bits per heavy atom. The van der Waals surface area contributed by atoms with E-state index < -0.39 is 0 Å². The number of rotatable bonds is 5. The normalized spacial score (nSPS) is 13.1. The van der Waals surface area contributed by atoms with Crippen LogP contribution in [0.1, 0.15) is 16.9 Å². The molecule has 0 atom stereocenters. The van der Waals surface area contributed by atoms with Gasteiger partial charge < -0.3 is 15.0 Å². The first kappa shape index (κ1) is 17.7. The Balaban J connectivity index is 1.60. The van der Waals surface area contributed by atoms with Crippen molar-refractivity contribution in [1.82, 2.24) is 15.0 Å². The number of allylic oxidation sites excluding steroid dienone is 4. The lowest BCUT2D eigenvalue weighted by Crippen LogP contribution is -1.99. The van der Waals surface area contributed by atoms with Gasteiger partial charge in [-0.15, -0.1) is 11.3 Å². The number of methoxy groups -OCH3 is 1. The number of nitrogens with zero attached hydrogens (tertiary/aromatic N) is 2. The number of hydrogen-bond donors (Lipinski definition) is 2. The summed E-state index contributed by atoms with van der Waals surface area (Å²) in [6, 6.07) is 8.37. The lowest BCUT2D eigenvalue weighted by Gasteiger charge is -2.13. The molecule has 5 rings (SSSR count). The smallest absolute Gasteiger partial charge is 0.144 e. The fourth-order valence-electron chi connectivity index (χ4n) is 3.65. The Labute approximate surface area is 172 Å². The number of thiophene rings is 1. The molecule has 0 radical (unpaired) electrons. The molecule has 4 aromatic rings. The van der Waals surface area contributed by atoms with Crippen LogP contribution in [0.4, 0.5) is 11.5 Å². The van der Waals surface area contributed by atoms with Crippen LogP contribution >= 0.6 is 11.3 Å². The maximum Gasteiger partial charge on any atom is 0.144 e. The molecule has 29 heavy (non-hydrogen) atoms. The third-order valence-electron chi connectivity index (χ3n) is 5.07. The Bertz CT molecular complexity index is 1270. The summed E-state index contributed by atoms with van der Waals surface area (Å²) in [7, 11) is 1.68. The zero-order valence-electron chi connectivity index (χ0n) is 16.2. The summed E-state index contributed by atoms with van der Waals surface area (Å²) in [5.74, 6) is 1.52. The van der Waals surface area contributed by atoms with E-state index in [1.807, 2.05) is 12.3 Å². The topological polar surface area (TPSA) is 62.8 Å². The van der Waals surface area contributed by atoms with Crippen LogP contribution in [-0.4, -0.2) is 22.1 Å². The number of aryl methyl sites for hydroxylation is 1. The minimum Gasteiger partial charge on any atom is -0.495 e. The van der Waals surface area contributed by atoms with Crippen molar-refractivity contribution in [1.29, 1.82) is 0 Å². The number of nitrogens with one attached hydrogen (secondary N) is 2. The number of benzene rings is 1. The monoisotopic (exact) mass is 400 g/mol. The average Bonchev–Trinajstić information content (AvgIpc) is 3.48. The Kier molecular flexibility index (Phi) is 4.41. The number of ether oxygens (including phenoxy) is 1. The van der Waals surface area contributed by atoms with Gasteiger partial charge in [0.2, 0.25) is 0 Å². The molecule has 1 aliphatic carbocycles. The minimum absolute atomic E-state index is 0.754. The van der Waals surface area contributed by atoms with E-state index in [9.17, 15) is 0 Å². The van der Waals surface area contributed by atoms with E-state index in [2.05, 4.69) is 69.0 Å². The number of aromatic amines is 1. The molecule has 1 aromatic carbocycles. The maximum atomic E-state index is 5.60. The molecule has 5 nitrogen and oxygen atoms in total. The van der Waals surface area contributed by atoms with Gasteiger partial charge in [0.15, 0.2) is 0 Å². The second-order valence-electron chi connectivity index (χ2n) is 6.93. The van der Waals surface area contributed by atoms with Gasteiger partial charge in [-0.25, -0.2) is 9.97 Å². The molecule has 144 valence electrons. The molecule has 3 aromatic heterocycles. The maximum absolute atomic E-state index is 5.60. The second kappa shape index (κ2) is 7.22. The first-order chi connectivity index (χ1) is 14.2. The molecular formula is C23H20N4OS. The quantitative estimate of drug-likeness (QED) is 0.425. The number of fused-ring (bicyclic) bond motifs is 1. The third kappa shape index (κ3) is 3.21. The Morgan fingerprint density at radius 3 is 2.86 bits per heavy atom. The van der Waals surface area contributed by atoms with Crippen molar-refractivity contribution in [3.8, 4) is 16.9 Å². The zero-order valence-corrected chi connectivity index (χ0v) is 17.0. The van der Waals surface area contributed by atoms with Crippen molar-refractivity contribution >= 4 is 39.4 Å². The highest BCUT2D eigenvalue weighted by atomic mass is 32.1. The zero-order chi connectivity index (χ0) is 19.8. The molecular weight excluding hydrogens is 380 g/mol. The number of anilines is 2. The first-order valence-electron chi connectivity index (χ1n) is 9.42. The van der Waals surface area contributed by atoms with Crippen molar-refractivity contribution in [2.24, 2.45) is 0 Å². The summed E-state index contributed by atoms with van der Waals surface area (Å²) < 4.78 is 5.60. The van der Waals surface area contributed by atoms with Gasteiger partial charge in [-0.2, -0.15) is 0 Å². The highest BCUT2D eigenvalue weighted by Gasteiger charge is 2.16. The summed E-state index contributed by atoms with van der Waals surface area (Å²) in [5, 5.41) is 6.64. The summed E-state index contributed by atoms with van der Waals surface area (Å²) >= 11 is 1.75. The molecule has 0 fully saturated rings. The molecule has 0 aliphatic heterocycles. The molecule has 0 saturated heterocycles. The van der Waals surface area contributed by atoms with Crippen LogP contribution < -0.4 is 10.1 Å². The highest BCUT2D eigenvalue weighted by molar-refractivity contribution is 7.10. The molecule has 0 unspecified atom stereocenters. The van der Waals surface area contributed by atoms with Crippen LogP contribution in [0.3, 0.4) is 0 Å². The SMILES string of the molecule is COc1ccc(-c2csc(C)c2)cc1Nc1ncnc2[nH]cc(C3=CCC=C3)c12. The van der Waals surface area contributed by atoms with E-state index in [0.29, 0.717) is 0 Å². The summed E-state index contributed by atoms with van der Waals surface area (Å²) in [6.45, 7) is 2.12. The van der Waals surface area contributed by atoms with Gasteiger partial charge in [-0.05, 0) is 53.6 Å². The van der Waals surface area contributed by atoms with E-state index in [1.54, 1.807) is 24.8 Å². The van der Waals surface area contributed by atoms with E-state index in [1.165, 1.54) is 16.0 Å². The van der Waals surface area contributed by atoms with Crippen molar-refractivity contribution < 1.29 is 4.74 Å². The molecule has 0 amide bonds. The third-order valence-corrected chi connectivity index (χ3v) is 5.93. The first-order valence-corrected chi connectivity index (χ1v) is 10.3. The molecule has 2 N–H and O–H groups in total. The van der Waals surface area contributed by atoms with Gasteiger partial charge in [-0.3, -0.25) is 0 Å². The molecule has 0 spiro atoms. The van der Waals surface area contributed by atoms with E-state index in [4.69, 9.17) is 4.74 Å². The summed E-state index contributed by atoms with van der Waals surface area (Å²) in [6.07, 6.45) is 11.0. The summed E-state index contributed by atoms with van der Waals surface area (Å²) in [4.78, 5) is 13.5. The number of H-pyrrole nitrogens is 1. The van der Waals surface area contributed by atoms with Crippen LogP contribution in [0.15, 0.2) is 60.4 Å². The fraction of sp³-hybridized carbons (Fsp3) is 0.130. The van der Waals surface area contributed by atoms with E-state index in [-0.39, 0.29) is 0 Å². The standard InChI is InChI=1S/C23H20N4OS/c1-14-9-17(12-29-14)16-7-8-20(28-2)19(10-16)27-23-21-18(15-5-3-4-6-15)11-24-22(21)25-13-26-23/h3,5-13H,4H2,1-2H3,(H2,24,25,26,27). The summed E-state index contributed by atoms with van der Waals surface area (Å²) in [5.41, 5.74) is 6.30. The van der Waals surface area contributed by atoms with E-state index >= 15 is 0 Å². The largest absolute Gasteiger partial charge is 0.495 e.